The van der Waals surface area contributed by atoms with E-state index in [1.807, 2.05) is 0 Å². The fourth-order valence-corrected chi connectivity index (χ4v) is 3.35. The third-order valence-corrected chi connectivity index (χ3v) is 5.05. The molecule has 0 saturated heterocycles. The van der Waals surface area contributed by atoms with Crippen LogP contribution in [0.2, 0.25) is 0 Å². The van der Waals surface area contributed by atoms with Gasteiger partial charge in [0.2, 0.25) is 11.9 Å². The van der Waals surface area contributed by atoms with Crippen molar-refractivity contribution in [1.29, 1.82) is 0 Å². The van der Waals surface area contributed by atoms with Gasteiger partial charge in [0.1, 0.15) is 23.2 Å². The molecule has 2 aromatic heterocycles. The Labute approximate surface area is 218 Å². The van der Waals surface area contributed by atoms with E-state index >= 15 is 0 Å². The maximum atomic E-state index is 14.7. The highest BCUT2D eigenvalue weighted by atomic mass is 19.3. The van der Waals surface area contributed by atoms with E-state index in [2.05, 4.69) is 42.3 Å². The molecule has 1 amide bonds. The first-order valence-corrected chi connectivity index (χ1v) is 11.1. The highest BCUT2D eigenvalue weighted by Gasteiger charge is 2.22. The van der Waals surface area contributed by atoms with Crippen LogP contribution in [0.3, 0.4) is 0 Å². The average molecular weight is 545 g/mol. The molecule has 4 rings (SSSR count). The Morgan fingerprint density at radius 2 is 1.87 bits per heavy atom. The Kier molecular flexibility index (Phi) is 8.03. The fraction of sp³-hybridized carbons (Fsp3) is 0.120. The van der Waals surface area contributed by atoms with Gasteiger partial charge >= 0.3 is 6.43 Å². The van der Waals surface area contributed by atoms with Gasteiger partial charge in [-0.25, -0.2) is 22.5 Å². The molecule has 0 fully saturated rings. The summed E-state index contributed by atoms with van der Waals surface area (Å²) in [5.41, 5.74) is 0.731. The average Bonchev–Trinajstić information content (AvgIpc) is 3.29. The molecule has 2 aromatic carbocycles. The van der Waals surface area contributed by atoms with Crippen molar-refractivity contribution >= 4 is 34.7 Å². The third kappa shape index (κ3) is 6.85. The molecule has 9 nitrogen and oxygen atoms in total. The molecule has 202 valence electrons. The first-order valence-electron chi connectivity index (χ1n) is 11.1. The van der Waals surface area contributed by atoms with E-state index in [-0.39, 0.29) is 34.3 Å². The summed E-state index contributed by atoms with van der Waals surface area (Å²) >= 11 is 0. The number of benzene rings is 2. The Morgan fingerprint density at radius 3 is 2.56 bits per heavy atom. The van der Waals surface area contributed by atoms with Gasteiger partial charge in [-0.1, -0.05) is 6.58 Å². The van der Waals surface area contributed by atoms with E-state index in [0.29, 0.717) is 5.69 Å². The standard InChI is InChI=1S/C25H20F5N7O2/c1-3-21(38)33-15-4-5-19(27)20(9-15)35-24-18(11-31-25(36-24)34-16-10-32-37(2)12-16)13-6-14(26)8-17(7-13)39-23(30)22(28)29/h3-12,22-23H,1H2,2H3,(H,33,38)(H2,31,34,35,36). The van der Waals surface area contributed by atoms with Crippen LogP contribution in [0.5, 0.6) is 5.75 Å². The highest BCUT2D eigenvalue weighted by molar-refractivity contribution is 5.99. The number of ether oxygens (including phenoxy) is 1. The number of hydrogen-bond acceptors (Lipinski definition) is 7. The van der Waals surface area contributed by atoms with Gasteiger partial charge in [-0.15, -0.1) is 0 Å². The van der Waals surface area contributed by atoms with Crippen LogP contribution in [-0.4, -0.2) is 38.4 Å². The highest BCUT2D eigenvalue weighted by Crippen LogP contribution is 2.34. The summed E-state index contributed by atoms with van der Waals surface area (Å²) in [6.45, 7) is 3.36. The molecule has 0 aliphatic rings. The molecule has 4 aromatic rings. The second-order valence-corrected chi connectivity index (χ2v) is 7.98. The summed E-state index contributed by atoms with van der Waals surface area (Å²) in [5, 5.41) is 12.2. The Bertz CT molecular complexity index is 1510. The summed E-state index contributed by atoms with van der Waals surface area (Å²) in [6.07, 6.45) is -0.998. The SMILES string of the molecule is C=CC(=O)Nc1ccc(F)c(Nc2nc(Nc3cnn(C)c3)ncc2-c2cc(F)cc(OC(F)C(F)F)c2)c1. The minimum atomic E-state index is -3.45. The normalized spacial score (nSPS) is 11.7. The molecule has 0 aliphatic heterocycles. The van der Waals surface area contributed by atoms with E-state index in [9.17, 15) is 26.7 Å². The van der Waals surface area contributed by atoms with Crippen molar-refractivity contribution in [3.05, 3.63) is 79.3 Å². The molecule has 3 N–H and O–H groups in total. The van der Waals surface area contributed by atoms with Crippen LogP contribution in [0.4, 0.5) is 50.8 Å². The fourth-order valence-electron chi connectivity index (χ4n) is 3.35. The van der Waals surface area contributed by atoms with Crippen molar-refractivity contribution in [3.8, 4) is 16.9 Å². The lowest BCUT2D eigenvalue weighted by atomic mass is 10.1. The van der Waals surface area contributed by atoms with Crippen molar-refractivity contribution < 1.29 is 31.5 Å². The zero-order valence-electron chi connectivity index (χ0n) is 20.1. The molecule has 1 unspecified atom stereocenters. The zero-order chi connectivity index (χ0) is 28.1. The predicted molar refractivity (Wildman–Crippen MR) is 134 cm³/mol. The summed E-state index contributed by atoms with van der Waals surface area (Å²) in [6, 6.07) is 6.55. The number of amides is 1. The Hall–Kier alpha value is -5.01. The van der Waals surface area contributed by atoms with Crippen molar-refractivity contribution in [2.45, 2.75) is 12.8 Å². The maximum absolute atomic E-state index is 14.7. The van der Waals surface area contributed by atoms with Gasteiger partial charge in [-0.05, 0) is 42.0 Å². The molecule has 39 heavy (non-hydrogen) atoms. The number of rotatable bonds is 10. The van der Waals surface area contributed by atoms with Gasteiger partial charge in [-0.2, -0.15) is 14.5 Å². The van der Waals surface area contributed by atoms with Crippen LogP contribution in [0.1, 0.15) is 0 Å². The van der Waals surface area contributed by atoms with Crippen LogP contribution in [0.15, 0.2) is 67.6 Å². The largest absolute Gasteiger partial charge is 0.454 e. The first-order chi connectivity index (χ1) is 18.6. The first kappa shape index (κ1) is 27.0. The van der Waals surface area contributed by atoms with Crippen LogP contribution in [-0.2, 0) is 11.8 Å². The molecule has 2 heterocycles. The number of carbonyl (C=O) groups is 1. The predicted octanol–water partition coefficient (Wildman–Crippen LogP) is 5.71. The maximum Gasteiger partial charge on any atom is 0.304 e. The second-order valence-electron chi connectivity index (χ2n) is 7.98. The van der Waals surface area contributed by atoms with Crippen LogP contribution in [0.25, 0.3) is 11.1 Å². The van der Waals surface area contributed by atoms with Gasteiger partial charge in [-0.3, -0.25) is 9.48 Å². The third-order valence-electron chi connectivity index (χ3n) is 5.05. The molecular weight excluding hydrogens is 525 g/mol. The van der Waals surface area contributed by atoms with E-state index in [0.717, 1.165) is 30.3 Å². The molecule has 0 spiro atoms. The van der Waals surface area contributed by atoms with E-state index in [4.69, 9.17) is 0 Å². The molecule has 14 heteroatoms. The molecule has 0 saturated carbocycles. The quantitative estimate of drug-likeness (QED) is 0.173. The van der Waals surface area contributed by atoms with Crippen LogP contribution < -0.4 is 20.7 Å². The summed E-state index contributed by atoms with van der Waals surface area (Å²) in [7, 11) is 1.70. The van der Waals surface area contributed by atoms with Gasteiger partial charge in [0, 0.05) is 36.8 Å². The van der Waals surface area contributed by atoms with Crippen LogP contribution in [0, 0.1) is 11.6 Å². The molecule has 0 aliphatic carbocycles. The van der Waals surface area contributed by atoms with Crippen molar-refractivity contribution in [1.82, 2.24) is 19.7 Å². The monoisotopic (exact) mass is 545 g/mol. The number of nitrogens with one attached hydrogen (secondary N) is 3. The Morgan fingerprint density at radius 1 is 1.08 bits per heavy atom. The number of halogens is 5. The number of alkyl halides is 3. The van der Waals surface area contributed by atoms with Crippen molar-refractivity contribution in [2.75, 3.05) is 16.0 Å². The number of anilines is 5. The summed E-state index contributed by atoms with van der Waals surface area (Å²) in [4.78, 5) is 20.2. The van der Waals surface area contributed by atoms with Crippen LogP contribution >= 0.6 is 0 Å². The second kappa shape index (κ2) is 11.6. The lowest BCUT2D eigenvalue weighted by molar-refractivity contribution is -0.111. The lowest BCUT2D eigenvalue weighted by Crippen LogP contribution is -2.19. The summed E-state index contributed by atoms with van der Waals surface area (Å²) in [5.74, 6) is -2.70. The van der Waals surface area contributed by atoms with Crippen molar-refractivity contribution in [3.63, 3.8) is 0 Å². The number of aromatic nitrogens is 4. The van der Waals surface area contributed by atoms with E-state index in [1.165, 1.54) is 29.2 Å². The van der Waals surface area contributed by atoms with Gasteiger partial charge in [0.25, 0.3) is 6.36 Å². The number of hydrogen-bond donors (Lipinski definition) is 3. The zero-order valence-corrected chi connectivity index (χ0v) is 20.1. The van der Waals surface area contributed by atoms with Gasteiger partial charge < -0.3 is 20.7 Å². The number of aryl methyl sites for hydroxylation is 1. The number of nitrogens with zero attached hydrogens (tertiary/aromatic N) is 4. The van der Waals surface area contributed by atoms with Gasteiger partial charge in [0.05, 0.1) is 17.6 Å². The smallest absolute Gasteiger partial charge is 0.304 e. The minimum absolute atomic E-state index is 0.0124. The topological polar surface area (TPSA) is 106 Å². The molecule has 1 atom stereocenters. The molecule has 0 radical (unpaired) electrons. The van der Waals surface area contributed by atoms with Gasteiger partial charge in [0.15, 0.2) is 0 Å². The molecule has 0 bridgehead atoms. The minimum Gasteiger partial charge on any atom is -0.454 e. The Balaban J connectivity index is 1.76. The number of carbonyl (C=O) groups excluding carboxylic acids is 1. The van der Waals surface area contributed by atoms with E-state index < -0.39 is 36.1 Å². The van der Waals surface area contributed by atoms with E-state index in [1.54, 1.807) is 13.2 Å². The lowest BCUT2D eigenvalue weighted by Gasteiger charge is -2.16. The summed E-state index contributed by atoms with van der Waals surface area (Å²) < 4.78 is 73.9. The van der Waals surface area contributed by atoms with Crippen molar-refractivity contribution in [2.24, 2.45) is 7.05 Å². The molecular formula is C25H20F5N7O2.